The second kappa shape index (κ2) is 7.65. The molecular formula is C19H16O2. The Kier molecular flexibility index (Phi) is 5.30. The van der Waals surface area contributed by atoms with Crippen LogP contribution in [0.1, 0.15) is 11.1 Å². The SMILES string of the molecule is C=C(C=Cc1ccccc1)C(=O)OC=Cc1ccccc1. The predicted octanol–water partition coefficient (Wildman–Crippen LogP) is 4.47. The molecule has 2 aromatic carbocycles. The van der Waals surface area contributed by atoms with E-state index in [0.29, 0.717) is 5.57 Å². The minimum atomic E-state index is -0.464. The molecule has 0 atom stereocenters. The van der Waals surface area contributed by atoms with Crippen LogP contribution < -0.4 is 0 Å². The van der Waals surface area contributed by atoms with Crippen molar-refractivity contribution in [1.29, 1.82) is 0 Å². The van der Waals surface area contributed by atoms with Crippen molar-refractivity contribution in [1.82, 2.24) is 0 Å². The molecule has 0 saturated carbocycles. The molecule has 0 N–H and O–H groups in total. The molecule has 0 saturated heterocycles. The number of hydrogen-bond acceptors (Lipinski definition) is 2. The summed E-state index contributed by atoms with van der Waals surface area (Å²) in [4.78, 5) is 11.7. The topological polar surface area (TPSA) is 26.3 Å². The maximum atomic E-state index is 11.7. The van der Waals surface area contributed by atoms with Gasteiger partial charge in [0.15, 0.2) is 0 Å². The number of benzene rings is 2. The maximum Gasteiger partial charge on any atom is 0.342 e. The van der Waals surface area contributed by atoms with Crippen molar-refractivity contribution < 1.29 is 9.53 Å². The Hall–Kier alpha value is -2.87. The minimum absolute atomic E-state index is 0.302. The third kappa shape index (κ3) is 4.96. The summed E-state index contributed by atoms with van der Waals surface area (Å²) in [6, 6.07) is 19.3. The fourth-order valence-electron chi connectivity index (χ4n) is 1.64. The van der Waals surface area contributed by atoms with Crippen molar-refractivity contribution >= 4 is 18.1 Å². The number of carbonyl (C=O) groups is 1. The van der Waals surface area contributed by atoms with Gasteiger partial charge in [0.2, 0.25) is 0 Å². The number of hydrogen-bond donors (Lipinski definition) is 0. The van der Waals surface area contributed by atoms with Gasteiger partial charge in [0, 0.05) is 0 Å². The van der Waals surface area contributed by atoms with Gasteiger partial charge in [0.05, 0.1) is 11.8 Å². The molecule has 0 aliphatic rings. The lowest BCUT2D eigenvalue weighted by molar-refractivity contribution is -0.133. The first kappa shape index (κ1) is 14.5. The lowest BCUT2D eigenvalue weighted by Gasteiger charge is -1.98. The summed E-state index contributed by atoms with van der Waals surface area (Å²) in [5.74, 6) is -0.464. The lowest BCUT2D eigenvalue weighted by Crippen LogP contribution is -2.00. The monoisotopic (exact) mass is 276 g/mol. The number of esters is 1. The van der Waals surface area contributed by atoms with Gasteiger partial charge in [0.25, 0.3) is 0 Å². The van der Waals surface area contributed by atoms with E-state index in [4.69, 9.17) is 4.74 Å². The van der Waals surface area contributed by atoms with E-state index >= 15 is 0 Å². The van der Waals surface area contributed by atoms with Gasteiger partial charge in [-0.3, -0.25) is 0 Å². The Balaban J connectivity index is 1.87. The van der Waals surface area contributed by atoms with E-state index in [0.717, 1.165) is 11.1 Å². The minimum Gasteiger partial charge on any atom is -0.431 e. The fraction of sp³-hybridized carbons (Fsp3) is 0. The molecule has 0 radical (unpaired) electrons. The molecule has 0 spiro atoms. The molecule has 2 heteroatoms. The average Bonchev–Trinajstić information content (AvgIpc) is 2.54. The van der Waals surface area contributed by atoms with Gasteiger partial charge in [-0.1, -0.05) is 73.3 Å². The number of rotatable bonds is 5. The van der Waals surface area contributed by atoms with Crippen LogP contribution >= 0.6 is 0 Å². The number of carbonyl (C=O) groups excluding carboxylic acids is 1. The van der Waals surface area contributed by atoms with Gasteiger partial charge in [-0.2, -0.15) is 0 Å². The summed E-state index contributed by atoms with van der Waals surface area (Å²) in [6.45, 7) is 3.70. The van der Waals surface area contributed by atoms with Crippen molar-refractivity contribution in [3.05, 3.63) is 96.3 Å². The van der Waals surface area contributed by atoms with E-state index in [9.17, 15) is 4.79 Å². The van der Waals surface area contributed by atoms with Crippen LogP contribution in [0, 0.1) is 0 Å². The maximum absolute atomic E-state index is 11.7. The van der Waals surface area contributed by atoms with Gasteiger partial charge in [-0.25, -0.2) is 4.79 Å². The molecule has 0 fully saturated rings. The van der Waals surface area contributed by atoms with Crippen LogP contribution in [0.4, 0.5) is 0 Å². The second-order valence-corrected chi connectivity index (χ2v) is 4.39. The van der Waals surface area contributed by atoms with Crippen LogP contribution in [-0.2, 0) is 9.53 Å². The van der Waals surface area contributed by atoms with E-state index in [1.165, 1.54) is 6.26 Å². The standard InChI is InChI=1S/C19H16O2/c1-16(12-13-17-8-4-2-5-9-17)19(20)21-15-14-18-10-6-3-7-11-18/h2-15H,1H2. The normalized spacial score (nSPS) is 10.9. The third-order valence-electron chi connectivity index (χ3n) is 2.77. The van der Waals surface area contributed by atoms with Gasteiger partial charge < -0.3 is 4.74 Å². The van der Waals surface area contributed by atoms with Crippen LogP contribution in [0.25, 0.3) is 12.2 Å². The van der Waals surface area contributed by atoms with Gasteiger partial charge in [0.1, 0.15) is 0 Å². The van der Waals surface area contributed by atoms with E-state index in [1.807, 2.05) is 66.7 Å². The highest BCUT2D eigenvalue weighted by molar-refractivity contribution is 5.92. The van der Waals surface area contributed by atoms with Crippen molar-refractivity contribution in [3.63, 3.8) is 0 Å². The summed E-state index contributed by atoms with van der Waals surface area (Å²) in [7, 11) is 0. The molecule has 104 valence electrons. The summed E-state index contributed by atoms with van der Waals surface area (Å²) >= 11 is 0. The van der Waals surface area contributed by atoms with Crippen LogP contribution in [0.5, 0.6) is 0 Å². The third-order valence-corrected chi connectivity index (χ3v) is 2.77. The molecule has 0 aromatic heterocycles. The molecule has 2 rings (SSSR count). The van der Waals surface area contributed by atoms with Crippen molar-refractivity contribution in [2.45, 2.75) is 0 Å². The van der Waals surface area contributed by atoms with E-state index in [-0.39, 0.29) is 0 Å². The molecule has 21 heavy (non-hydrogen) atoms. The fourth-order valence-corrected chi connectivity index (χ4v) is 1.64. The largest absolute Gasteiger partial charge is 0.431 e. The Bertz CT molecular complexity index is 652. The lowest BCUT2D eigenvalue weighted by atomic mass is 10.2. The summed E-state index contributed by atoms with van der Waals surface area (Å²) < 4.78 is 5.03. The zero-order valence-electron chi connectivity index (χ0n) is 11.6. The molecule has 0 bridgehead atoms. The van der Waals surface area contributed by atoms with E-state index < -0.39 is 5.97 Å². The molecule has 2 aromatic rings. The quantitative estimate of drug-likeness (QED) is 0.348. The molecular weight excluding hydrogens is 260 g/mol. The Labute approximate surface area is 124 Å². The van der Waals surface area contributed by atoms with Gasteiger partial charge in [-0.15, -0.1) is 0 Å². The molecule has 0 heterocycles. The Morgan fingerprint density at radius 1 is 0.857 bits per heavy atom. The van der Waals surface area contributed by atoms with Gasteiger partial charge >= 0.3 is 5.97 Å². The Morgan fingerprint density at radius 3 is 1.95 bits per heavy atom. The average molecular weight is 276 g/mol. The van der Waals surface area contributed by atoms with Crippen molar-refractivity contribution in [3.8, 4) is 0 Å². The highest BCUT2D eigenvalue weighted by Crippen LogP contribution is 2.06. The predicted molar refractivity (Wildman–Crippen MR) is 86.2 cm³/mol. The van der Waals surface area contributed by atoms with Crippen LogP contribution in [0.15, 0.2) is 85.2 Å². The second-order valence-electron chi connectivity index (χ2n) is 4.39. The first-order chi connectivity index (χ1) is 10.3. The Morgan fingerprint density at radius 2 is 1.38 bits per heavy atom. The van der Waals surface area contributed by atoms with Crippen LogP contribution in [0.3, 0.4) is 0 Å². The zero-order chi connectivity index (χ0) is 14.9. The van der Waals surface area contributed by atoms with E-state index in [1.54, 1.807) is 12.2 Å². The first-order valence-corrected chi connectivity index (χ1v) is 6.60. The van der Waals surface area contributed by atoms with Crippen molar-refractivity contribution in [2.24, 2.45) is 0 Å². The molecule has 0 unspecified atom stereocenters. The summed E-state index contributed by atoms with van der Waals surface area (Å²) in [6.07, 6.45) is 6.57. The highest BCUT2D eigenvalue weighted by Gasteiger charge is 2.02. The highest BCUT2D eigenvalue weighted by atomic mass is 16.5. The molecule has 0 amide bonds. The first-order valence-electron chi connectivity index (χ1n) is 6.60. The summed E-state index contributed by atoms with van der Waals surface area (Å²) in [5.41, 5.74) is 2.28. The number of ether oxygens (including phenoxy) is 1. The van der Waals surface area contributed by atoms with Crippen LogP contribution in [-0.4, -0.2) is 5.97 Å². The molecule has 0 aliphatic carbocycles. The van der Waals surface area contributed by atoms with E-state index in [2.05, 4.69) is 6.58 Å². The van der Waals surface area contributed by atoms with Crippen molar-refractivity contribution in [2.75, 3.05) is 0 Å². The van der Waals surface area contributed by atoms with Crippen LogP contribution in [0.2, 0.25) is 0 Å². The molecule has 2 nitrogen and oxygen atoms in total. The molecule has 0 aliphatic heterocycles. The van der Waals surface area contributed by atoms with Gasteiger partial charge in [-0.05, 0) is 23.3 Å². The zero-order valence-corrected chi connectivity index (χ0v) is 11.6. The summed E-state index contributed by atoms with van der Waals surface area (Å²) in [5, 5.41) is 0. The smallest absolute Gasteiger partial charge is 0.342 e.